The Morgan fingerprint density at radius 1 is 1.29 bits per heavy atom. The van der Waals surface area contributed by atoms with Crippen molar-refractivity contribution in [2.24, 2.45) is 5.92 Å². The van der Waals surface area contributed by atoms with E-state index >= 15 is 0 Å². The highest BCUT2D eigenvalue weighted by atomic mass is 16.2. The van der Waals surface area contributed by atoms with Crippen LogP contribution in [0.25, 0.3) is 5.82 Å². The Labute approximate surface area is 122 Å². The van der Waals surface area contributed by atoms with Crippen LogP contribution < -0.4 is 10.2 Å². The SMILES string of the molecule is CC(C)NC(=O)C1CN(c2cc(-n3cncn3)ncn2)C1. The van der Waals surface area contributed by atoms with E-state index in [2.05, 4.69) is 25.4 Å². The summed E-state index contributed by atoms with van der Waals surface area (Å²) in [5.74, 6) is 1.58. The van der Waals surface area contributed by atoms with Crippen LogP contribution in [-0.2, 0) is 4.79 Å². The molecule has 8 heteroatoms. The highest BCUT2D eigenvalue weighted by molar-refractivity contribution is 5.82. The summed E-state index contributed by atoms with van der Waals surface area (Å²) < 4.78 is 1.58. The van der Waals surface area contributed by atoms with Crippen molar-refractivity contribution in [2.75, 3.05) is 18.0 Å². The molecule has 0 spiro atoms. The van der Waals surface area contributed by atoms with Gasteiger partial charge >= 0.3 is 0 Å². The molecule has 3 heterocycles. The van der Waals surface area contributed by atoms with E-state index in [-0.39, 0.29) is 17.9 Å². The maximum absolute atomic E-state index is 11.9. The number of anilines is 1. The molecule has 0 radical (unpaired) electrons. The second-order valence-corrected chi connectivity index (χ2v) is 5.34. The zero-order chi connectivity index (χ0) is 14.8. The van der Waals surface area contributed by atoms with E-state index < -0.39 is 0 Å². The number of nitrogens with one attached hydrogen (secondary N) is 1. The van der Waals surface area contributed by atoms with Gasteiger partial charge in [-0.15, -0.1) is 0 Å². The molecule has 3 rings (SSSR count). The predicted octanol–water partition coefficient (Wildman–Crippen LogP) is 0.0181. The van der Waals surface area contributed by atoms with E-state index in [0.29, 0.717) is 18.9 Å². The molecular formula is C13H17N7O. The highest BCUT2D eigenvalue weighted by Gasteiger charge is 2.33. The molecule has 0 atom stereocenters. The van der Waals surface area contributed by atoms with Crippen molar-refractivity contribution in [3.63, 3.8) is 0 Å². The molecule has 110 valence electrons. The summed E-state index contributed by atoms with van der Waals surface area (Å²) >= 11 is 0. The van der Waals surface area contributed by atoms with Crippen molar-refractivity contribution < 1.29 is 4.79 Å². The number of amides is 1. The normalized spacial score (nSPS) is 15.1. The first-order valence-corrected chi connectivity index (χ1v) is 6.86. The Hall–Kier alpha value is -2.51. The highest BCUT2D eigenvalue weighted by Crippen LogP contribution is 2.23. The zero-order valence-corrected chi connectivity index (χ0v) is 12.0. The van der Waals surface area contributed by atoms with Crippen LogP contribution in [0.4, 0.5) is 5.82 Å². The maximum atomic E-state index is 11.9. The van der Waals surface area contributed by atoms with Gasteiger partial charge < -0.3 is 10.2 Å². The molecule has 0 unspecified atom stereocenters. The van der Waals surface area contributed by atoms with Gasteiger partial charge in [-0.05, 0) is 13.8 Å². The molecule has 2 aromatic heterocycles. The Bertz CT molecular complexity index is 619. The van der Waals surface area contributed by atoms with E-state index in [1.54, 1.807) is 11.0 Å². The second-order valence-electron chi connectivity index (χ2n) is 5.34. The summed E-state index contributed by atoms with van der Waals surface area (Å²) in [5.41, 5.74) is 0. The lowest BCUT2D eigenvalue weighted by molar-refractivity contribution is -0.126. The van der Waals surface area contributed by atoms with Gasteiger partial charge in [-0.2, -0.15) is 5.10 Å². The molecular weight excluding hydrogens is 270 g/mol. The van der Waals surface area contributed by atoms with Gasteiger partial charge in [0.2, 0.25) is 5.91 Å². The molecule has 0 aliphatic carbocycles. The van der Waals surface area contributed by atoms with Gasteiger partial charge in [0.05, 0.1) is 5.92 Å². The maximum Gasteiger partial charge on any atom is 0.226 e. The molecule has 0 bridgehead atoms. The van der Waals surface area contributed by atoms with Crippen LogP contribution in [0.1, 0.15) is 13.8 Å². The van der Waals surface area contributed by atoms with Crippen molar-refractivity contribution in [3.05, 3.63) is 25.0 Å². The Morgan fingerprint density at radius 3 is 2.71 bits per heavy atom. The first kappa shape index (κ1) is 13.5. The molecule has 1 aliphatic rings. The van der Waals surface area contributed by atoms with Gasteiger partial charge in [0.1, 0.15) is 24.8 Å². The molecule has 0 saturated carbocycles. The molecule has 1 amide bonds. The van der Waals surface area contributed by atoms with Crippen molar-refractivity contribution in [1.82, 2.24) is 30.0 Å². The fourth-order valence-electron chi connectivity index (χ4n) is 2.20. The van der Waals surface area contributed by atoms with Gasteiger partial charge in [0.25, 0.3) is 0 Å². The van der Waals surface area contributed by atoms with Crippen molar-refractivity contribution in [3.8, 4) is 5.82 Å². The summed E-state index contributed by atoms with van der Waals surface area (Å²) in [6.45, 7) is 5.27. The van der Waals surface area contributed by atoms with E-state index in [9.17, 15) is 4.79 Å². The van der Waals surface area contributed by atoms with Gasteiger partial charge in [-0.25, -0.2) is 19.6 Å². The third-order valence-corrected chi connectivity index (χ3v) is 3.30. The molecule has 1 aliphatic heterocycles. The number of rotatable bonds is 4. The van der Waals surface area contributed by atoms with Crippen LogP contribution in [-0.4, -0.2) is 49.8 Å². The number of aromatic nitrogens is 5. The quantitative estimate of drug-likeness (QED) is 0.852. The summed E-state index contributed by atoms with van der Waals surface area (Å²) in [4.78, 5) is 26.2. The first-order valence-electron chi connectivity index (χ1n) is 6.86. The minimum Gasteiger partial charge on any atom is -0.355 e. The lowest BCUT2D eigenvalue weighted by atomic mass is 9.99. The number of hydrogen-bond donors (Lipinski definition) is 1. The van der Waals surface area contributed by atoms with Gasteiger partial charge in [0.15, 0.2) is 5.82 Å². The average molecular weight is 287 g/mol. The molecule has 1 fully saturated rings. The Kier molecular flexibility index (Phi) is 3.51. The van der Waals surface area contributed by atoms with E-state index in [1.807, 2.05) is 24.8 Å². The lowest BCUT2D eigenvalue weighted by Gasteiger charge is -2.39. The third kappa shape index (κ3) is 2.83. The average Bonchev–Trinajstić information content (AvgIpc) is 2.90. The lowest BCUT2D eigenvalue weighted by Crippen LogP contribution is -2.55. The monoisotopic (exact) mass is 287 g/mol. The van der Waals surface area contributed by atoms with Gasteiger partial charge in [-0.1, -0.05) is 0 Å². The first-order chi connectivity index (χ1) is 10.1. The summed E-state index contributed by atoms with van der Waals surface area (Å²) in [5, 5.41) is 6.97. The zero-order valence-electron chi connectivity index (χ0n) is 12.0. The molecule has 0 aromatic carbocycles. The van der Waals surface area contributed by atoms with Gasteiger partial charge in [0, 0.05) is 25.2 Å². The Morgan fingerprint density at radius 2 is 2.05 bits per heavy atom. The molecule has 1 N–H and O–H groups in total. The Balaban J connectivity index is 1.65. The molecule has 1 saturated heterocycles. The third-order valence-electron chi connectivity index (χ3n) is 3.30. The number of carbonyl (C=O) groups is 1. The van der Waals surface area contributed by atoms with Crippen LogP contribution in [0.5, 0.6) is 0 Å². The van der Waals surface area contributed by atoms with Crippen molar-refractivity contribution in [2.45, 2.75) is 19.9 Å². The van der Waals surface area contributed by atoms with Crippen molar-refractivity contribution in [1.29, 1.82) is 0 Å². The topological polar surface area (TPSA) is 88.8 Å². The number of nitrogens with zero attached hydrogens (tertiary/aromatic N) is 6. The smallest absolute Gasteiger partial charge is 0.226 e. The van der Waals surface area contributed by atoms with Crippen LogP contribution in [0, 0.1) is 5.92 Å². The molecule has 2 aromatic rings. The summed E-state index contributed by atoms with van der Waals surface area (Å²) in [6, 6.07) is 2.01. The largest absolute Gasteiger partial charge is 0.355 e. The number of hydrogen-bond acceptors (Lipinski definition) is 6. The summed E-state index contributed by atoms with van der Waals surface area (Å²) in [7, 11) is 0. The fourth-order valence-corrected chi connectivity index (χ4v) is 2.20. The molecule has 8 nitrogen and oxygen atoms in total. The van der Waals surface area contributed by atoms with Crippen molar-refractivity contribution >= 4 is 11.7 Å². The van der Waals surface area contributed by atoms with E-state index in [1.165, 1.54) is 12.7 Å². The van der Waals surface area contributed by atoms with Crippen LogP contribution >= 0.6 is 0 Å². The fraction of sp³-hybridized carbons (Fsp3) is 0.462. The van der Waals surface area contributed by atoms with Gasteiger partial charge in [-0.3, -0.25) is 4.79 Å². The van der Waals surface area contributed by atoms with Crippen LogP contribution in [0.2, 0.25) is 0 Å². The van der Waals surface area contributed by atoms with Crippen LogP contribution in [0.15, 0.2) is 25.0 Å². The van der Waals surface area contributed by atoms with E-state index in [0.717, 1.165) is 5.82 Å². The minimum absolute atomic E-state index is 0.0252. The number of carbonyl (C=O) groups excluding carboxylic acids is 1. The second kappa shape index (κ2) is 5.47. The van der Waals surface area contributed by atoms with E-state index in [4.69, 9.17) is 0 Å². The van der Waals surface area contributed by atoms with Crippen LogP contribution in [0.3, 0.4) is 0 Å². The minimum atomic E-state index is 0.0252. The molecule has 21 heavy (non-hydrogen) atoms. The standard InChI is InChI=1S/C13H17N7O/c1-9(2)18-13(21)10-4-19(5-10)11-3-12(16-7-15-11)20-8-14-6-17-20/h3,6-10H,4-5H2,1-2H3,(H,18,21). The predicted molar refractivity (Wildman–Crippen MR) is 75.9 cm³/mol. The summed E-state index contributed by atoms with van der Waals surface area (Å²) in [6.07, 6.45) is 4.53.